The van der Waals surface area contributed by atoms with Gasteiger partial charge in [-0.1, -0.05) is 19.0 Å². The molecule has 0 aliphatic rings. The Bertz CT molecular complexity index is 460. The summed E-state index contributed by atoms with van der Waals surface area (Å²) in [5, 5.41) is 6.44. The second-order valence-corrected chi connectivity index (χ2v) is 4.02. The Morgan fingerprint density at radius 1 is 1.65 bits per heavy atom. The van der Waals surface area contributed by atoms with Crippen LogP contribution in [0.4, 0.5) is 5.82 Å². The fourth-order valence-corrected chi connectivity index (χ4v) is 1.20. The van der Waals surface area contributed by atoms with E-state index in [0.29, 0.717) is 18.3 Å². The van der Waals surface area contributed by atoms with Crippen LogP contribution in [0, 0.1) is 5.92 Å². The highest BCUT2D eigenvalue weighted by atomic mass is 16.1. The van der Waals surface area contributed by atoms with Crippen molar-refractivity contribution in [2.45, 2.75) is 20.4 Å². The summed E-state index contributed by atoms with van der Waals surface area (Å²) in [4.78, 5) is 18.1. The summed E-state index contributed by atoms with van der Waals surface area (Å²) in [5.41, 5.74) is 7.78. The zero-order valence-electron chi connectivity index (χ0n) is 10.00. The van der Waals surface area contributed by atoms with E-state index in [2.05, 4.69) is 34.2 Å². The highest BCUT2D eigenvalue weighted by molar-refractivity contribution is 5.31. The van der Waals surface area contributed by atoms with E-state index in [1.165, 1.54) is 4.57 Å². The van der Waals surface area contributed by atoms with Gasteiger partial charge in [0, 0.05) is 30.7 Å². The number of rotatable bonds is 6. The molecule has 0 spiro atoms. The van der Waals surface area contributed by atoms with Crippen molar-refractivity contribution in [2.75, 3.05) is 18.4 Å². The van der Waals surface area contributed by atoms with Crippen molar-refractivity contribution in [2.24, 2.45) is 11.0 Å². The lowest BCUT2D eigenvalue weighted by Crippen LogP contribution is -2.25. The number of anilines is 1. The Morgan fingerprint density at radius 3 is 3.00 bits per heavy atom. The summed E-state index contributed by atoms with van der Waals surface area (Å²) >= 11 is 0. The molecule has 1 rings (SSSR count). The molecule has 0 unspecified atom stereocenters. The van der Waals surface area contributed by atoms with Gasteiger partial charge in [-0.25, -0.2) is 4.79 Å². The van der Waals surface area contributed by atoms with Crippen LogP contribution in [-0.4, -0.2) is 22.6 Å². The van der Waals surface area contributed by atoms with E-state index in [1.54, 1.807) is 12.3 Å². The van der Waals surface area contributed by atoms with E-state index in [0.717, 1.165) is 6.54 Å². The van der Waals surface area contributed by atoms with Crippen LogP contribution in [0.2, 0.25) is 0 Å². The predicted octanol–water partition coefficient (Wildman–Crippen LogP) is 1.62. The molecule has 0 aliphatic heterocycles. The molecule has 0 bridgehead atoms. The summed E-state index contributed by atoms with van der Waals surface area (Å²) in [6, 6.07) is 1.74. The van der Waals surface area contributed by atoms with Gasteiger partial charge < -0.3 is 5.32 Å². The maximum atomic E-state index is 11.6. The Labute approximate surface area is 99.1 Å². The minimum atomic E-state index is -0.341. The highest BCUT2D eigenvalue weighted by Crippen LogP contribution is 2.00. The van der Waals surface area contributed by atoms with Gasteiger partial charge in [-0.2, -0.15) is 4.98 Å². The third kappa shape index (κ3) is 4.56. The van der Waals surface area contributed by atoms with E-state index in [1.807, 2.05) is 0 Å². The summed E-state index contributed by atoms with van der Waals surface area (Å²) in [6.45, 7) is 5.52. The molecule has 0 saturated carbocycles. The third-order valence-electron chi connectivity index (χ3n) is 2.07. The van der Waals surface area contributed by atoms with E-state index < -0.39 is 0 Å². The number of nitrogens with one attached hydrogen (secondary N) is 1. The fraction of sp³-hybridized carbons (Fsp3) is 0.600. The molecule has 0 amide bonds. The van der Waals surface area contributed by atoms with Gasteiger partial charge >= 0.3 is 5.69 Å². The average molecular weight is 236 g/mol. The molecular formula is C10H16N6O. The topological polar surface area (TPSA) is 95.7 Å². The number of hydrogen-bond donors (Lipinski definition) is 1. The molecule has 92 valence electrons. The first-order valence-electron chi connectivity index (χ1n) is 5.45. The van der Waals surface area contributed by atoms with Gasteiger partial charge in [0.2, 0.25) is 0 Å². The predicted molar refractivity (Wildman–Crippen MR) is 65.8 cm³/mol. The first kappa shape index (κ1) is 13.1. The van der Waals surface area contributed by atoms with Crippen molar-refractivity contribution in [1.82, 2.24) is 9.55 Å². The quantitative estimate of drug-likeness (QED) is 0.461. The molecule has 7 heteroatoms. The van der Waals surface area contributed by atoms with Gasteiger partial charge in [0.1, 0.15) is 5.82 Å². The molecule has 0 atom stereocenters. The van der Waals surface area contributed by atoms with Crippen molar-refractivity contribution in [3.05, 3.63) is 33.2 Å². The normalized spacial score (nSPS) is 10.1. The Morgan fingerprint density at radius 2 is 2.41 bits per heavy atom. The second-order valence-electron chi connectivity index (χ2n) is 4.02. The number of aromatic nitrogens is 2. The van der Waals surface area contributed by atoms with Crippen LogP contribution in [0.5, 0.6) is 0 Å². The van der Waals surface area contributed by atoms with E-state index >= 15 is 0 Å². The second kappa shape index (κ2) is 6.55. The average Bonchev–Trinajstić information content (AvgIpc) is 2.29. The lowest BCUT2D eigenvalue weighted by molar-refractivity contribution is 0.653. The monoisotopic (exact) mass is 236 g/mol. The minimum absolute atomic E-state index is 0.247. The minimum Gasteiger partial charge on any atom is -0.370 e. The van der Waals surface area contributed by atoms with E-state index in [4.69, 9.17) is 5.53 Å². The maximum absolute atomic E-state index is 11.6. The molecule has 1 heterocycles. The van der Waals surface area contributed by atoms with Crippen molar-refractivity contribution in [3.8, 4) is 0 Å². The Hall–Kier alpha value is -2.01. The fourth-order valence-electron chi connectivity index (χ4n) is 1.20. The zero-order valence-corrected chi connectivity index (χ0v) is 10.00. The molecule has 1 N–H and O–H groups in total. The van der Waals surface area contributed by atoms with Gasteiger partial charge in [-0.05, 0) is 17.5 Å². The van der Waals surface area contributed by atoms with Crippen molar-refractivity contribution in [1.29, 1.82) is 0 Å². The molecule has 1 aromatic heterocycles. The van der Waals surface area contributed by atoms with Crippen LogP contribution >= 0.6 is 0 Å². The SMILES string of the molecule is CC(C)CNc1ccn(CCN=[N+]=[N-])c(=O)n1. The van der Waals surface area contributed by atoms with Gasteiger partial charge in [-0.3, -0.25) is 4.57 Å². The Balaban J connectivity index is 2.65. The van der Waals surface area contributed by atoms with Crippen molar-refractivity contribution in [3.63, 3.8) is 0 Å². The summed E-state index contributed by atoms with van der Waals surface area (Å²) in [6.07, 6.45) is 1.64. The van der Waals surface area contributed by atoms with Crippen LogP contribution in [0.25, 0.3) is 10.4 Å². The van der Waals surface area contributed by atoms with Crippen LogP contribution < -0.4 is 11.0 Å². The van der Waals surface area contributed by atoms with Crippen molar-refractivity contribution < 1.29 is 0 Å². The molecule has 1 aromatic rings. The zero-order chi connectivity index (χ0) is 12.7. The smallest absolute Gasteiger partial charge is 0.349 e. The highest BCUT2D eigenvalue weighted by Gasteiger charge is 2.00. The van der Waals surface area contributed by atoms with Gasteiger partial charge in [-0.15, -0.1) is 0 Å². The first-order valence-corrected chi connectivity index (χ1v) is 5.45. The Kier molecular flexibility index (Phi) is 5.03. The summed E-state index contributed by atoms with van der Waals surface area (Å²) in [7, 11) is 0. The molecule has 0 aromatic carbocycles. The maximum Gasteiger partial charge on any atom is 0.349 e. The third-order valence-corrected chi connectivity index (χ3v) is 2.07. The number of nitrogens with zero attached hydrogens (tertiary/aromatic N) is 5. The van der Waals surface area contributed by atoms with Crippen LogP contribution in [-0.2, 0) is 6.54 Å². The van der Waals surface area contributed by atoms with E-state index in [9.17, 15) is 4.79 Å². The lowest BCUT2D eigenvalue weighted by Gasteiger charge is -2.08. The largest absolute Gasteiger partial charge is 0.370 e. The number of hydrogen-bond acceptors (Lipinski definition) is 4. The van der Waals surface area contributed by atoms with Crippen LogP contribution in [0.3, 0.4) is 0 Å². The molecule has 0 saturated heterocycles. The van der Waals surface area contributed by atoms with Crippen LogP contribution in [0.15, 0.2) is 22.2 Å². The number of azide groups is 1. The first-order chi connectivity index (χ1) is 8.13. The standard InChI is InChI=1S/C10H16N6O/c1-8(2)7-12-9-3-5-16(10(17)14-9)6-4-13-15-11/h3,5,8H,4,6-7H2,1-2H3,(H,12,14,17). The molecular weight excluding hydrogens is 220 g/mol. The van der Waals surface area contributed by atoms with Gasteiger partial charge in [0.05, 0.1) is 0 Å². The summed E-state index contributed by atoms with van der Waals surface area (Å²) < 4.78 is 1.41. The van der Waals surface area contributed by atoms with Crippen LogP contribution in [0.1, 0.15) is 13.8 Å². The molecule has 0 radical (unpaired) electrons. The molecule has 0 aliphatic carbocycles. The summed E-state index contributed by atoms with van der Waals surface area (Å²) in [5.74, 6) is 1.06. The molecule has 0 fully saturated rings. The molecule has 7 nitrogen and oxygen atoms in total. The van der Waals surface area contributed by atoms with Crippen molar-refractivity contribution >= 4 is 5.82 Å². The van der Waals surface area contributed by atoms with E-state index in [-0.39, 0.29) is 12.2 Å². The van der Waals surface area contributed by atoms with Gasteiger partial charge in [0.25, 0.3) is 0 Å². The lowest BCUT2D eigenvalue weighted by atomic mass is 10.2. The molecule has 17 heavy (non-hydrogen) atoms. The van der Waals surface area contributed by atoms with Gasteiger partial charge in [0.15, 0.2) is 0 Å².